The van der Waals surface area contributed by atoms with Gasteiger partial charge in [-0.2, -0.15) is 0 Å². The van der Waals surface area contributed by atoms with E-state index in [2.05, 4.69) is 26.6 Å². The fraction of sp³-hybridized carbons (Fsp3) is 0.533. The van der Waals surface area contributed by atoms with Crippen LogP contribution in [-0.4, -0.2) is 25.3 Å². The van der Waals surface area contributed by atoms with Gasteiger partial charge in [0.1, 0.15) is 0 Å². The van der Waals surface area contributed by atoms with Crippen molar-refractivity contribution in [1.82, 2.24) is 10.6 Å². The van der Waals surface area contributed by atoms with E-state index in [1.54, 1.807) is 0 Å². The van der Waals surface area contributed by atoms with Gasteiger partial charge in [0.25, 0.3) is 0 Å². The van der Waals surface area contributed by atoms with Crippen molar-refractivity contribution in [2.45, 2.75) is 31.8 Å². The minimum atomic E-state index is -0.126. The van der Waals surface area contributed by atoms with Crippen molar-refractivity contribution in [1.29, 1.82) is 0 Å². The molecule has 1 aliphatic heterocycles. The van der Waals surface area contributed by atoms with E-state index in [-0.39, 0.29) is 6.03 Å². The monoisotopic (exact) mass is 372 g/mol. The fourth-order valence-electron chi connectivity index (χ4n) is 2.95. The van der Waals surface area contributed by atoms with E-state index in [9.17, 15) is 4.79 Å². The van der Waals surface area contributed by atoms with Crippen LogP contribution in [-0.2, 0) is 11.3 Å². The Bertz CT molecular complexity index is 546. The number of carbonyl (C=O) groups excluding carboxylic acids is 1. The lowest BCUT2D eigenvalue weighted by Crippen LogP contribution is -2.39. The van der Waals surface area contributed by atoms with Crippen LogP contribution >= 0.6 is 27.5 Å². The predicted octanol–water partition coefficient (Wildman–Crippen LogP) is 3.47. The fourth-order valence-corrected chi connectivity index (χ4v) is 3.55. The molecule has 0 radical (unpaired) electrons. The lowest BCUT2D eigenvalue weighted by atomic mass is 9.96. The van der Waals surface area contributed by atoms with Gasteiger partial charge in [-0.05, 0) is 52.2 Å². The molecule has 0 bridgehead atoms. The molecule has 2 amide bonds. The summed E-state index contributed by atoms with van der Waals surface area (Å²) in [6.45, 7) is 2.05. The number of hydrogen-bond donors (Lipinski definition) is 2. The second-order valence-electron chi connectivity index (χ2n) is 5.77. The van der Waals surface area contributed by atoms with Gasteiger partial charge in [-0.25, -0.2) is 4.79 Å². The molecule has 2 aliphatic rings. The molecule has 1 saturated carbocycles. The predicted molar refractivity (Wildman–Crippen MR) is 85.4 cm³/mol. The van der Waals surface area contributed by atoms with Crippen LogP contribution in [0.5, 0.6) is 0 Å². The highest BCUT2D eigenvalue weighted by Gasteiger charge is 2.54. The Hall–Kier alpha value is -0.780. The molecule has 1 unspecified atom stereocenters. The average molecular weight is 374 g/mol. The third kappa shape index (κ3) is 3.35. The first-order valence-electron chi connectivity index (χ1n) is 7.16. The number of carbonyl (C=O) groups is 1. The molecule has 1 atom stereocenters. The zero-order valence-electron chi connectivity index (χ0n) is 11.6. The van der Waals surface area contributed by atoms with Crippen molar-refractivity contribution in [2.24, 2.45) is 5.41 Å². The molecule has 0 aromatic heterocycles. The Kier molecular flexibility index (Phi) is 4.43. The van der Waals surface area contributed by atoms with Crippen LogP contribution < -0.4 is 10.6 Å². The van der Waals surface area contributed by atoms with Crippen molar-refractivity contribution in [3.63, 3.8) is 0 Å². The van der Waals surface area contributed by atoms with Gasteiger partial charge in [-0.1, -0.05) is 23.7 Å². The largest absolute Gasteiger partial charge is 0.381 e. The van der Waals surface area contributed by atoms with Crippen molar-refractivity contribution >= 4 is 33.6 Å². The average Bonchev–Trinajstić information content (AvgIpc) is 3.12. The number of hydrogen-bond acceptors (Lipinski definition) is 2. The standard InChI is InChI=1S/C15H18BrClN2O2/c16-11-3-1-2-10(13(11)17)9-18-14(20)19-12-8-15(12)4-6-21-7-5-15/h1-3,12H,4-9H2,(H2,18,19,20). The lowest BCUT2D eigenvalue weighted by Gasteiger charge is -2.23. The van der Waals surface area contributed by atoms with E-state index in [4.69, 9.17) is 16.3 Å². The van der Waals surface area contributed by atoms with Gasteiger partial charge in [-0.3, -0.25) is 0 Å². The molecule has 2 N–H and O–H groups in total. The zero-order chi connectivity index (χ0) is 14.9. The molecular weight excluding hydrogens is 356 g/mol. The number of ether oxygens (including phenoxy) is 1. The number of amides is 2. The van der Waals surface area contributed by atoms with E-state index >= 15 is 0 Å². The highest BCUT2D eigenvalue weighted by Crippen LogP contribution is 2.53. The Morgan fingerprint density at radius 2 is 2.19 bits per heavy atom. The van der Waals surface area contributed by atoms with E-state index in [0.717, 1.165) is 42.5 Å². The van der Waals surface area contributed by atoms with E-state index in [0.29, 0.717) is 23.0 Å². The van der Waals surface area contributed by atoms with Crippen LogP contribution in [0.3, 0.4) is 0 Å². The molecule has 114 valence electrons. The summed E-state index contributed by atoms with van der Waals surface area (Å²) in [5.74, 6) is 0. The maximum atomic E-state index is 12.0. The molecule has 3 rings (SSSR count). The molecule has 1 aliphatic carbocycles. The number of nitrogens with one attached hydrogen (secondary N) is 2. The molecule has 1 saturated heterocycles. The van der Waals surface area contributed by atoms with Crippen LogP contribution in [0, 0.1) is 5.41 Å². The Morgan fingerprint density at radius 1 is 1.43 bits per heavy atom. The number of benzene rings is 1. The Morgan fingerprint density at radius 3 is 2.95 bits per heavy atom. The Labute approximate surface area is 137 Å². The second-order valence-corrected chi connectivity index (χ2v) is 7.00. The summed E-state index contributed by atoms with van der Waals surface area (Å²) in [6.07, 6.45) is 3.17. The summed E-state index contributed by atoms with van der Waals surface area (Å²) in [4.78, 5) is 12.0. The van der Waals surface area contributed by atoms with Gasteiger partial charge in [0, 0.05) is 30.3 Å². The van der Waals surface area contributed by atoms with E-state index in [1.165, 1.54) is 0 Å². The SMILES string of the molecule is O=C(NCc1cccc(Br)c1Cl)NC1CC12CCOCC2. The summed E-state index contributed by atoms with van der Waals surface area (Å²) in [6, 6.07) is 5.86. The highest BCUT2D eigenvalue weighted by atomic mass is 79.9. The van der Waals surface area contributed by atoms with Crippen molar-refractivity contribution < 1.29 is 9.53 Å². The molecule has 2 fully saturated rings. The van der Waals surface area contributed by atoms with Gasteiger partial charge in [-0.15, -0.1) is 0 Å². The smallest absolute Gasteiger partial charge is 0.315 e. The number of urea groups is 1. The van der Waals surface area contributed by atoms with Crippen molar-refractivity contribution in [2.75, 3.05) is 13.2 Å². The van der Waals surface area contributed by atoms with Crippen LogP contribution in [0.1, 0.15) is 24.8 Å². The third-order valence-corrected chi connectivity index (χ3v) is 5.79. The first kappa shape index (κ1) is 15.1. The van der Waals surface area contributed by atoms with Crippen LogP contribution in [0.25, 0.3) is 0 Å². The van der Waals surface area contributed by atoms with E-state index < -0.39 is 0 Å². The summed E-state index contributed by atoms with van der Waals surface area (Å²) < 4.78 is 6.22. The maximum absolute atomic E-state index is 12.0. The van der Waals surface area contributed by atoms with Crippen LogP contribution in [0.2, 0.25) is 5.02 Å². The summed E-state index contributed by atoms with van der Waals surface area (Å²) in [7, 11) is 0. The first-order valence-corrected chi connectivity index (χ1v) is 8.33. The molecule has 1 aromatic rings. The van der Waals surface area contributed by atoms with Crippen LogP contribution in [0.4, 0.5) is 4.79 Å². The third-order valence-electron chi connectivity index (χ3n) is 4.45. The van der Waals surface area contributed by atoms with Gasteiger partial charge in [0.05, 0.1) is 5.02 Å². The van der Waals surface area contributed by atoms with Gasteiger partial charge in [0.15, 0.2) is 0 Å². The molecule has 1 spiro atoms. The van der Waals surface area contributed by atoms with Gasteiger partial charge >= 0.3 is 6.03 Å². The second kappa shape index (κ2) is 6.15. The minimum absolute atomic E-state index is 0.126. The van der Waals surface area contributed by atoms with Crippen molar-refractivity contribution in [3.8, 4) is 0 Å². The number of halogens is 2. The molecular formula is C15H18BrClN2O2. The molecule has 1 heterocycles. The summed E-state index contributed by atoms with van der Waals surface area (Å²) in [5.41, 5.74) is 1.20. The Balaban J connectivity index is 1.48. The van der Waals surface area contributed by atoms with Gasteiger partial charge < -0.3 is 15.4 Å². The highest BCUT2D eigenvalue weighted by molar-refractivity contribution is 9.10. The van der Waals surface area contributed by atoms with Gasteiger partial charge in [0.2, 0.25) is 0 Å². The van der Waals surface area contributed by atoms with Crippen LogP contribution in [0.15, 0.2) is 22.7 Å². The molecule has 6 heteroatoms. The maximum Gasteiger partial charge on any atom is 0.315 e. The molecule has 21 heavy (non-hydrogen) atoms. The zero-order valence-corrected chi connectivity index (χ0v) is 14.0. The normalized spacial score (nSPS) is 22.9. The lowest BCUT2D eigenvalue weighted by molar-refractivity contribution is 0.0547. The number of rotatable bonds is 3. The molecule has 1 aromatic carbocycles. The topological polar surface area (TPSA) is 50.4 Å². The minimum Gasteiger partial charge on any atom is -0.381 e. The quantitative estimate of drug-likeness (QED) is 0.852. The van der Waals surface area contributed by atoms with E-state index in [1.807, 2.05) is 18.2 Å². The first-order chi connectivity index (χ1) is 10.1. The molecule has 4 nitrogen and oxygen atoms in total. The summed E-state index contributed by atoms with van der Waals surface area (Å²) in [5, 5.41) is 6.58. The van der Waals surface area contributed by atoms with Crippen molar-refractivity contribution in [3.05, 3.63) is 33.3 Å². The summed E-state index contributed by atoms with van der Waals surface area (Å²) >= 11 is 9.56.